The Bertz CT molecular complexity index is 756. The SMILES string of the molecule is C[C@@H]1CN(C(=O)OC(C)(C)C)CCN1c1ccc([N+](=O)[O-])c(NC2CCCC2)c1. The van der Waals surface area contributed by atoms with Crippen molar-refractivity contribution in [2.75, 3.05) is 29.9 Å². The maximum absolute atomic E-state index is 12.4. The summed E-state index contributed by atoms with van der Waals surface area (Å²) >= 11 is 0. The number of nitrogens with zero attached hydrogens (tertiary/aromatic N) is 3. The van der Waals surface area contributed by atoms with E-state index >= 15 is 0 Å². The summed E-state index contributed by atoms with van der Waals surface area (Å²) in [5.41, 5.74) is 1.12. The molecule has 1 heterocycles. The van der Waals surface area contributed by atoms with Crippen LogP contribution in [0.5, 0.6) is 0 Å². The first-order valence-electron chi connectivity index (χ1n) is 10.4. The van der Waals surface area contributed by atoms with Crippen LogP contribution in [0.2, 0.25) is 0 Å². The zero-order valence-corrected chi connectivity index (χ0v) is 17.8. The summed E-state index contributed by atoms with van der Waals surface area (Å²) in [6.07, 6.45) is 4.12. The third kappa shape index (κ3) is 5.31. The first-order valence-corrected chi connectivity index (χ1v) is 10.4. The Balaban J connectivity index is 1.73. The molecule has 1 atom stereocenters. The number of nitro groups is 1. The molecule has 8 heteroatoms. The molecule has 1 aromatic carbocycles. The second-order valence-electron chi connectivity index (χ2n) is 9.05. The molecule has 3 rings (SSSR count). The van der Waals surface area contributed by atoms with Crippen molar-refractivity contribution in [1.29, 1.82) is 0 Å². The fraction of sp³-hybridized carbons (Fsp3) is 0.667. The summed E-state index contributed by atoms with van der Waals surface area (Å²) in [7, 11) is 0. The van der Waals surface area contributed by atoms with Gasteiger partial charge in [0.25, 0.3) is 5.69 Å². The van der Waals surface area contributed by atoms with Gasteiger partial charge in [-0.15, -0.1) is 0 Å². The van der Waals surface area contributed by atoms with E-state index in [2.05, 4.69) is 17.1 Å². The van der Waals surface area contributed by atoms with Crippen molar-refractivity contribution in [3.8, 4) is 0 Å². The van der Waals surface area contributed by atoms with Crippen molar-refractivity contribution in [1.82, 2.24) is 4.90 Å². The van der Waals surface area contributed by atoms with Crippen molar-refractivity contribution in [3.05, 3.63) is 28.3 Å². The number of nitrogens with one attached hydrogen (secondary N) is 1. The van der Waals surface area contributed by atoms with Gasteiger partial charge in [-0.3, -0.25) is 10.1 Å². The Kier molecular flexibility index (Phi) is 6.19. The average molecular weight is 405 g/mol. The third-order valence-electron chi connectivity index (χ3n) is 5.50. The maximum Gasteiger partial charge on any atom is 0.410 e. The summed E-state index contributed by atoms with van der Waals surface area (Å²) in [4.78, 5) is 27.4. The number of carbonyl (C=O) groups excluding carboxylic acids is 1. The summed E-state index contributed by atoms with van der Waals surface area (Å²) in [6, 6.07) is 5.65. The molecular formula is C21H32N4O4. The average Bonchev–Trinajstić information content (AvgIpc) is 3.13. The van der Waals surface area contributed by atoms with Crippen LogP contribution in [-0.2, 0) is 4.74 Å². The summed E-state index contributed by atoms with van der Waals surface area (Å²) < 4.78 is 5.49. The standard InChI is InChI=1S/C21H32N4O4/c1-15-14-23(20(26)29-21(2,3)4)11-12-24(15)17-9-10-19(25(27)28)18(13-17)22-16-7-5-6-8-16/h9-10,13,15-16,22H,5-8,11-12,14H2,1-4H3/t15-/m1/s1. The number of amides is 1. The van der Waals surface area contributed by atoms with Crippen molar-refractivity contribution in [3.63, 3.8) is 0 Å². The van der Waals surface area contributed by atoms with Crippen LogP contribution in [0.3, 0.4) is 0 Å². The zero-order valence-electron chi connectivity index (χ0n) is 17.8. The second kappa shape index (κ2) is 8.47. The van der Waals surface area contributed by atoms with Gasteiger partial charge >= 0.3 is 6.09 Å². The highest BCUT2D eigenvalue weighted by Gasteiger charge is 2.31. The lowest BCUT2D eigenvalue weighted by Gasteiger charge is -2.41. The summed E-state index contributed by atoms with van der Waals surface area (Å²) in [6.45, 7) is 9.41. The van der Waals surface area contributed by atoms with Crippen LogP contribution >= 0.6 is 0 Å². The summed E-state index contributed by atoms with van der Waals surface area (Å²) in [5.74, 6) is 0. The van der Waals surface area contributed by atoms with Crippen LogP contribution in [0.4, 0.5) is 21.9 Å². The Labute approximate surface area is 172 Å². The van der Waals surface area contributed by atoms with Gasteiger partial charge in [-0.05, 0) is 52.7 Å². The smallest absolute Gasteiger partial charge is 0.410 e. The lowest BCUT2D eigenvalue weighted by molar-refractivity contribution is -0.384. The number of carbonyl (C=O) groups is 1. The van der Waals surface area contributed by atoms with Crippen molar-refractivity contribution < 1.29 is 14.5 Å². The molecule has 1 aromatic rings. The highest BCUT2D eigenvalue weighted by Crippen LogP contribution is 2.34. The van der Waals surface area contributed by atoms with Gasteiger partial charge in [0.2, 0.25) is 0 Å². The molecule has 1 N–H and O–H groups in total. The van der Waals surface area contributed by atoms with E-state index in [0.29, 0.717) is 31.4 Å². The van der Waals surface area contributed by atoms with E-state index in [9.17, 15) is 14.9 Å². The predicted molar refractivity (Wildman–Crippen MR) is 114 cm³/mol. The first kappa shape index (κ1) is 21.2. The van der Waals surface area contributed by atoms with Crippen LogP contribution in [0, 0.1) is 10.1 Å². The first-order chi connectivity index (χ1) is 13.6. The van der Waals surface area contributed by atoms with Gasteiger partial charge in [0.1, 0.15) is 11.3 Å². The van der Waals surface area contributed by atoms with E-state index in [4.69, 9.17) is 4.74 Å². The molecule has 0 bridgehead atoms. The van der Waals surface area contributed by atoms with Gasteiger partial charge in [0.05, 0.1) is 4.92 Å². The van der Waals surface area contributed by atoms with Crippen LogP contribution in [0.25, 0.3) is 0 Å². The van der Waals surface area contributed by atoms with Gasteiger partial charge in [0.15, 0.2) is 0 Å². The number of ether oxygens (including phenoxy) is 1. The summed E-state index contributed by atoms with van der Waals surface area (Å²) in [5, 5.41) is 14.9. The van der Waals surface area contributed by atoms with Crippen molar-refractivity contribution in [2.45, 2.75) is 71.1 Å². The van der Waals surface area contributed by atoms with Crippen LogP contribution in [-0.4, -0.2) is 53.2 Å². The number of anilines is 2. The topological polar surface area (TPSA) is 88.0 Å². The largest absolute Gasteiger partial charge is 0.444 e. The Morgan fingerprint density at radius 3 is 2.52 bits per heavy atom. The molecule has 2 fully saturated rings. The van der Waals surface area contributed by atoms with Crippen LogP contribution in [0.1, 0.15) is 53.4 Å². The molecule has 160 valence electrons. The normalized spacial score (nSPS) is 20.6. The van der Waals surface area contributed by atoms with Gasteiger partial charge < -0.3 is 19.9 Å². The minimum absolute atomic E-state index is 0.0806. The lowest BCUT2D eigenvalue weighted by Crippen LogP contribution is -2.54. The molecule has 1 aliphatic carbocycles. The third-order valence-corrected chi connectivity index (χ3v) is 5.50. The fourth-order valence-corrected chi connectivity index (χ4v) is 4.10. The Morgan fingerprint density at radius 1 is 1.24 bits per heavy atom. The molecule has 2 aliphatic rings. The number of piperazine rings is 1. The van der Waals surface area contributed by atoms with Gasteiger partial charge in [-0.2, -0.15) is 0 Å². The van der Waals surface area contributed by atoms with E-state index in [0.717, 1.165) is 31.4 Å². The number of benzene rings is 1. The van der Waals surface area contributed by atoms with E-state index in [1.54, 1.807) is 17.0 Å². The molecule has 0 radical (unpaired) electrons. The van der Waals surface area contributed by atoms with Crippen LogP contribution < -0.4 is 10.2 Å². The van der Waals surface area contributed by atoms with E-state index < -0.39 is 5.60 Å². The minimum atomic E-state index is -0.517. The molecule has 1 amide bonds. The lowest BCUT2D eigenvalue weighted by atomic mass is 10.1. The molecule has 0 spiro atoms. The van der Waals surface area contributed by atoms with E-state index in [1.165, 1.54) is 0 Å². The van der Waals surface area contributed by atoms with Crippen LogP contribution in [0.15, 0.2) is 18.2 Å². The van der Waals surface area contributed by atoms with Gasteiger partial charge in [-0.1, -0.05) is 12.8 Å². The van der Waals surface area contributed by atoms with E-state index in [1.807, 2.05) is 26.8 Å². The predicted octanol–water partition coefficient (Wildman–Crippen LogP) is 4.39. The van der Waals surface area contributed by atoms with Gasteiger partial charge in [-0.25, -0.2) is 4.79 Å². The number of hydrogen-bond donors (Lipinski definition) is 1. The fourth-order valence-electron chi connectivity index (χ4n) is 4.10. The van der Waals surface area contributed by atoms with Crippen molar-refractivity contribution in [2.24, 2.45) is 0 Å². The second-order valence-corrected chi connectivity index (χ2v) is 9.05. The molecule has 1 saturated heterocycles. The zero-order chi connectivity index (χ0) is 21.2. The molecular weight excluding hydrogens is 372 g/mol. The Hall–Kier alpha value is -2.51. The maximum atomic E-state index is 12.4. The number of rotatable bonds is 4. The molecule has 8 nitrogen and oxygen atoms in total. The highest BCUT2D eigenvalue weighted by atomic mass is 16.6. The number of nitro benzene ring substituents is 1. The molecule has 29 heavy (non-hydrogen) atoms. The quantitative estimate of drug-likeness (QED) is 0.591. The molecule has 0 unspecified atom stereocenters. The minimum Gasteiger partial charge on any atom is -0.444 e. The molecule has 1 aliphatic heterocycles. The molecule has 1 saturated carbocycles. The van der Waals surface area contributed by atoms with E-state index in [-0.39, 0.29) is 22.7 Å². The highest BCUT2D eigenvalue weighted by molar-refractivity contribution is 5.71. The molecule has 0 aromatic heterocycles. The number of hydrogen-bond acceptors (Lipinski definition) is 6. The van der Waals surface area contributed by atoms with Gasteiger partial charge in [0, 0.05) is 43.5 Å². The monoisotopic (exact) mass is 404 g/mol. The Morgan fingerprint density at radius 2 is 1.93 bits per heavy atom. The van der Waals surface area contributed by atoms with Crippen molar-refractivity contribution >= 4 is 23.2 Å².